The van der Waals surface area contributed by atoms with Gasteiger partial charge in [0.1, 0.15) is 18.0 Å². The smallest absolute Gasteiger partial charge is 0.350 e. The van der Waals surface area contributed by atoms with Gasteiger partial charge in [0.15, 0.2) is 0 Å². The van der Waals surface area contributed by atoms with E-state index < -0.39 is 36.0 Å². The van der Waals surface area contributed by atoms with Crippen LogP contribution in [0.1, 0.15) is 25.6 Å². The molecule has 6 N–H and O–H groups in total. The number of hydrogen-bond donors (Lipinski definition) is 4. The van der Waals surface area contributed by atoms with E-state index in [0.717, 1.165) is 0 Å². The third kappa shape index (κ3) is 3.88. The van der Waals surface area contributed by atoms with Gasteiger partial charge < -0.3 is 21.7 Å². The summed E-state index contributed by atoms with van der Waals surface area (Å²) in [5.41, 5.74) is 9.95. The van der Waals surface area contributed by atoms with Crippen molar-refractivity contribution < 1.29 is 14.6 Å². The van der Waals surface area contributed by atoms with Crippen LogP contribution in [0.4, 0.5) is 10.2 Å². The van der Waals surface area contributed by atoms with Crippen molar-refractivity contribution >= 4 is 5.82 Å². The molecule has 8 heteroatoms. The number of aryl methyl sites for hydroxylation is 1. The number of aromatic nitrogens is 2. The second kappa shape index (κ2) is 7.55. The molecule has 1 heterocycles. The van der Waals surface area contributed by atoms with Gasteiger partial charge in [0.05, 0.1) is 12.1 Å². The molecule has 0 aliphatic carbocycles. The zero-order valence-electron chi connectivity index (χ0n) is 13.5. The molecule has 0 saturated heterocycles. The molecule has 1 rings (SSSR count). The molecule has 0 aliphatic heterocycles. The number of rotatable bonds is 5. The van der Waals surface area contributed by atoms with Crippen LogP contribution in [0.5, 0.6) is 0 Å². The Morgan fingerprint density at radius 2 is 2.13 bits per heavy atom. The molecule has 0 spiro atoms. The van der Waals surface area contributed by atoms with Crippen molar-refractivity contribution in [3.05, 3.63) is 22.2 Å². The summed E-state index contributed by atoms with van der Waals surface area (Å²) in [6, 6.07) is 0.661. The van der Waals surface area contributed by atoms with Gasteiger partial charge in [-0.2, -0.15) is 4.98 Å². The summed E-state index contributed by atoms with van der Waals surface area (Å²) in [6.45, 7) is 3.51. The highest BCUT2D eigenvalue weighted by Gasteiger charge is 2.42. The van der Waals surface area contributed by atoms with Gasteiger partial charge in [0.2, 0.25) is 0 Å². The quantitative estimate of drug-likeness (QED) is 0.533. The summed E-state index contributed by atoms with van der Waals surface area (Å²) < 4.78 is 13.7. The highest BCUT2D eigenvalue weighted by atomic mass is 19.1. The third-order valence-corrected chi connectivity index (χ3v) is 3.93. The zero-order chi connectivity index (χ0) is 17.8. The van der Waals surface area contributed by atoms with Crippen molar-refractivity contribution in [2.45, 2.75) is 38.5 Å². The lowest BCUT2D eigenvalue weighted by molar-refractivity contribution is 0.0181. The van der Waals surface area contributed by atoms with E-state index in [1.807, 2.05) is 0 Å². The molecule has 7 nitrogen and oxygen atoms in total. The first-order valence-electron chi connectivity index (χ1n) is 7.18. The van der Waals surface area contributed by atoms with Gasteiger partial charge in [0, 0.05) is 18.2 Å². The van der Waals surface area contributed by atoms with Crippen LogP contribution < -0.4 is 17.2 Å². The number of anilines is 1. The Kier molecular flexibility index (Phi) is 6.27. The molecule has 1 aromatic heterocycles. The number of hydrogen-bond acceptors (Lipinski definition) is 6. The van der Waals surface area contributed by atoms with E-state index in [0.29, 0.717) is 5.69 Å². The van der Waals surface area contributed by atoms with E-state index in [-0.39, 0.29) is 12.4 Å². The summed E-state index contributed by atoms with van der Waals surface area (Å²) in [4.78, 5) is 15.8. The number of alkyl halides is 1. The lowest BCUT2D eigenvalue weighted by Crippen LogP contribution is -2.59. The minimum atomic E-state index is -1.65. The highest BCUT2D eigenvalue weighted by Crippen LogP contribution is 2.27. The fraction of sp³-hybridized carbons (Fsp3) is 0.600. The third-order valence-electron chi connectivity index (χ3n) is 3.93. The Hall–Kier alpha value is -1.95. The largest absolute Gasteiger partial charge is 0.396 e. The maximum Gasteiger partial charge on any atom is 0.350 e. The molecule has 23 heavy (non-hydrogen) atoms. The number of nitrogens with two attached hydrogens (primary N) is 2. The molecule has 0 aromatic carbocycles. The standard InChI is InChI=1S/C15H23FN4O3/c1-9(8-21)13(22)15(18,5-4-6-16)11(3)20-10(2)7-12(17)19-14(20)23/h7,9,11,13,21-22H,6,8,18H2,1-3H3,(H2,17,19,23)/t9-,11-,13?,15?/m1/s1. The lowest BCUT2D eigenvalue weighted by Gasteiger charge is -2.38. The van der Waals surface area contributed by atoms with Crippen LogP contribution in [0.2, 0.25) is 0 Å². The second-order valence-corrected chi connectivity index (χ2v) is 5.62. The molecular formula is C15H23FN4O3. The van der Waals surface area contributed by atoms with Crippen LogP contribution in [0.25, 0.3) is 0 Å². The number of nitrogen functional groups attached to an aromatic ring is 1. The van der Waals surface area contributed by atoms with Crippen LogP contribution in [0.15, 0.2) is 10.9 Å². The van der Waals surface area contributed by atoms with Crippen molar-refractivity contribution in [2.24, 2.45) is 11.7 Å². The van der Waals surface area contributed by atoms with Gasteiger partial charge in [-0.25, -0.2) is 9.18 Å². The van der Waals surface area contributed by atoms with Gasteiger partial charge in [-0.15, -0.1) is 0 Å². The van der Waals surface area contributed by atoms with E-state index in [1.54, 1.807) is 20.8 Å². The molecule has 4 atom stereocenters. The molecule has 1 aromatic rings. The predicted molar refractivity (Wildman–Crippen MR) is 85.3 cm³/mol. The van der Waals surface area contributed by atoms with Crippen molar-refractivity contribution in [1.82, 2.24) is 9.55 Å². The van der Waals surface area contributed by atoms with E-state index >= 15 is 0 Å². The monoisotopic (exact) mass is 326 g/mol. The molecule has 0 radical (unpaired) electrons. The molecular weight excluding hydrogens is 303 g/mol. The van der Waals surface area contributed by atoms with Crippen molar-refractivity contribution in [3.8, 4) is 11.8 Å². The maximum atomic E-state index is 12.5. The summed E-state index contributed by atoms with van der Waals surface area (Å²) >= 11 is 0. The van der Waals surface area contributed by atoms with Gasteiger partial charge in [0.25, 0.3) is 0 Å². The van der Waals surface area contributed by atoms with Gasteiger partial charge in [-0.1, -0.05) is 18.8 Å². The van der Waals surface area contributed by atoms with Crippen LogP contribution in [-0.4, -0.2) is 44.7 Å². The van der Waals surface area contributed by atoms with E-state index in [9.17, 15) is 19.4 Å². The molecule has 2 unspecified atom stereocenters. The second-order valence-electron chi connectivity index (χ2n) is 5.62. The van der Waals surface area contributed by atoms with Crippen LogP contribution >= 0.6 is 0 Å². The number of halogens is 1. The highest BCUT2D eigenvalue weighted by molar-refractivity contribution is 5.30. The molecule has 0 saturated carbocycles. The summed E-state index contributed by atoms with van der Waals surface area (Å²) in [5.74, 6) is 4.16. The SMILES string of the molecule is Cc1cc(N)nc(=O)n1[C@H](C)C(N)(C#CCF)C(O)[C@H](C)CO. The molecule has 0 amide bonds. The topological polar surface area (TPSA) is 127 Å². The van der Waals surface area contributed by atoms with Gasteiger partial charge in [-0.05, 0) is 19.9 Å². The molecule has 0 aliphatic rings. The predicted octanol–water partition coefficient (Wildman–Crippen LogP) is -0.645. The summed E-state index contributed by atoms with van der Waals surface area (Å²) in [5, 5.41) is 19.7. The molecule has 128 valence electrons. The van der Waals surface area contributed by atoms with Crippen LogP contribution in [0.3, 0.4) is 0 Å². The Labute approximate surface area is 134 Å². The Bertz CT molecular complexity index is 667. The van der Waals surface area contributed by atoms with Gasteiger partial charge >= 0.3 is 5.69 Å². The molecule has 0 fully saturated rings. The fourth-order valence-corrected chi connectivity index (χ4v) is 2.50. The average Bonchev–Trinajstić information content (AvgIpc) is 2.49. The number of aliphatic hydroxyl groups is 2. The normalized spacial score (nSPS) is 17.5. The number of aliphatic hydroxyl groups excluding tert-OH is 2. The average molecular weight is 326 g/mol. The summed E-state index contributed by atoms with van der Waals surface area (Å²) in [7, 11) is 0. The van der Waals surface area contributed by atoms with E-state index in [4.69, 9.17) is 11.5 Å². The maximum absolute atomic E-state index is 12.5. The van der Waals surface area contributed by atoms with Crippen molar-refractivity contribution in [2.75, 3.05) is 19.0 Å². The fourth-order valence-electron chi connectivity index (χ4n) is 2.50. The summed E-state index contributed by atoms with van der Waals surface area (Å²) in [6.07, 6.45) is -1.29. The zero-order valence-corrected chi connectivity index (χ0v) is 13.5. The Morgan fingerprint density at radius 1 is 1.52 bits per heavy atom. The minimum Gasteiger partial charge on any atom is -0.396 e. The molecule has 0 bridgehead atoms. The van der Waals surface area contributed by atoms with Gasteiger partial charge in [-0.3, -0.25) is 4.57 Å². The first-order valence-corrected chi connectivity index (χ1v) is 7.18. The lowest BCUT2D eigenvalue weighted by atomic mass is 9.80. The van der Waals surface area contributed by atoms with Crippen molar-refractivity contribution in [3.63, 3.8) is 0 Å². The minimum absolute atomic E-state index is 0.0673. The van der Waals surface area contributed by atoms with E-state index in [1.165, 1.54) is 10.6 Å². The van der Waals surface area contributed by atoms with Crippen LogP contribution in [0, 0.1) is 24.7 Å². The van der Waals surface area contributed by atoms with Crippen molar-refractivity contribution in [1.29, 1.82) is 0 Å². The number of nitrogens with zero attached hydrogens (tertiary/aromatic N) is 2. The Morgan fingerprint density at radius 3 is 2.61 bits per heavy atom. The van der Waals surface area contributed by atoms with E-state index in [2.05, 4.69) is 16.8 Å². The first-order chi connectivity index (χ1) is 10.7. The van der Waals surface area contributed by atoms with Crippen LogP contribution in [-0.2, 0) is 0 Å². The Balaban J connectivity index is 3.47. The first kappa shape index (κ1) is 19.1.